The summed E-state index contributed by atoms with van der Waals surface area (Å²) in [5, 5.41) is 14.8. The summed E-state index contributed by atoms with van der Waals surface area (Å²) in [4.78, 5) is 18.3. The first-order chi connectivity index (χ1) is 13.9. The molecule has 0 aromatic carbocycles. The maximum absolute atomic E-state index is 13.0. The van der Waals surface area contributed by atoms with E-state index in [9.17, 15) is 18.0 Å². The molecular weight excluding hydrogens is 401 g/mol. The lowest BCUT2D eigenvalue weighted by molar-refractivity contribution is -0.189. The van der Waals surface area contributed by atoms with Gasteiger partial charge in [0.25, 0.3) is 5.91 Å². The van der Waals surface area contributed by atoms with Crippen LogP contribution >= 0.6 is 0 Å². The first-order valence-electron chi connectivity index (χ1n) is 9.64. The highest BCUT2D eigenvalue weighted by Crippen LogP contribution is 2.45. The molecule has 2 aromatic heterocycles. The molecule has 2 unspecified atom stereocenters. The second-order valence-electron chi connectivity index (χ2n) is 8.59. The minimum atomic E-state index is -4.51. The van der Waals surface area contributed by atoms with Gasteiger partial charge in [0.15, 0.2) is 11.9 Å². The number of rotatable bonds is 6. The van der Waals surface area contributed by atoms with Crippen LogP contribution < -0.4 is 10.1 Å². The number of alkyl halides is 3. The van der Waals surface area contributed by atoms with E-state index in [0.29, 0.717) is 11.4 Å². The third kappa shape index (κ3) is 5.06. The maximum atomic E-state index is 13.0. The van der Waals surface area contributed by atoms with Gasteiger partial charge in [-0.15, -0.1) is 10.2 Å². The van der Waals surface area contributed by atoms with E-state index in [1.807, 2.05) is 20.8 Å². The van der Waals surface area contributed by atoms with E-state index in [4.69, 9.17) is 4.74 Å². The van der Waals surface area contributed by atoms with Crippen LogP contribution in [0.15, 0.2) is 12.3 Å². The summed E-state index contributed by atoms with van der Waals surface area (Å²) in [6.07, 6.45) is -3.37. The third-order valence-corrected chi connectivity index (χ3v) is 4.83. The van der Waals surface area contributed by atoms with Gasteiger partial charge in [-0.05, 0) is 36.3 Å². The molecule has 1 N–H and O–H groups in total. The molecule has 2 heterocycles. The predicted molar refractivity (Wildman–Crippen MR) is 101 cm³/mol. The average Bonchev–Trinajstić information content (AvgIpc) is 3.38. The van der Waals surface area contributed by atoms with Crippen molar-refractivity contribution in [2.45, 2.75) is 64.8 Å². The Morgan fingerprint density at radius 2 is 1.97 bits per heavy atom. The molecule has 1 saturated carbocycles. The summed E-state index contributed by atoms with van der Waals surface area (Å²) in [7, 11) is 1.61. The van der Waals surface area contributed by atoms with Crippen LogP contribution in [-0.4, -0.2) is 43.4 Å². The molecule has 8 nitrogen and oxygen atoms in total. The molecule has 2 atom stereocenters. The third-order valence-electron chi connectivity index (χ3n) is 4.83. The van der Waals surface area contributed by atoms with Crippen molar-refractivity contribution in [1.29, 1.82) is 0 Å². The number of hydrogen-bond acceptors (Lipinski definition) is 6. The molecule has 11 heteroatoms. The number of tetrazole rings is 1. The van der Waals surface area contributed by atoms with Crippen molar-refractivity contribution in [1.82, 2.24) is 30.5 Å². The van der Waals surface area contributed by atoms with Gasteiger partial charge in [0.05, 0.1) is 13.1 Å². The van der Waals surface area contributed by atoms with Crippen molar-refractivity contribution in [3.05, 3.63) is 29.3 Å². The number of pyridine rings is 1. The van der Waals surface area contributed by atoms with E-state index >= 15 is 0 Å². The monoisotopic (exact) mass is 426 g/mol. The number of halogens is 3. The Kier molecular flexibility index (Phi) is 5.74. The molecule has 0 saturated heterocycles. The number of nitrogens with one attached hydrogen (secondary N) is 1. The van der Waals surface area contributed by atoms with Gasteiger partial charge in [-0.25, -0.2) is 0 Å². The molecule has 0 spiro atoms. The van der Waals surface area contributed by atoms with E-state index in [0.717, 1.165) is 19.8 Å². The molecule has 1 fully saturated rings. The second-order valence-corrected chi connectivity index (χ2v) is 8.59. The minimum Gasteiger partial charge on any atom is -0.481 e. The van der Waals surface area contributed by atoms with Crippen LogP contribution in [0, 0.1) is 5.41 Å². The van der Waals surface area contributed by atoms with E-state index < -0.39 is 29.6 Å². The second kappa shape index (κ2) is 7.84. The standard InChI is InChI=1S/C19H25F3N6O2/c1-10(19(20,21)22)30-14-8-13(23-9-12(14)11-6-7-11)17(29)24-15(18(2,3)4)16-25-27-28(5)26-16/h8-11,15H,6-7H2,1-5H3,(H,24,29). The van der Waals surface area contributed by atoms with E-state index in [-0.39, 0.29) is 17.4 Å². The lowest BCUT2D eigenvalue weighted by atomic mass is 9.86. The molecule has 0 radical (unpaired) electrons. The van der Waals surface area contributed by atoms with Crippen molar-refractivity contribution in [2.75, 3.05) is 0 Å². The van der Waals surface area contributed by atoms with Gasteiger partial charge < -0.3 is 10.1 Å². The highest BCUT2D eigenvalue weighted by Gasteiger charge is 2.39. The molecule has 164 valence electrons. The zero-order valence-corrected chi connectivity index (χ0v) is 17.5. The van der Waals surface area contributed by atoms with Gasteiger partial charge in [-0.1, -0.05) is 20.8 Å². The van der Waals surface area contributed by atoms with Crippen LogP contribution in [0.3, 0.4) is 0 Å². The number of carbonyl (C=O) groups excluding carboxylic acids is 1. The molecule has 30 heavy (non-hydrogen) atoms. The fourth-order valence-corrected chi connectivity index (χ4v) is 2.92. The van der Waals surface area contributed by atoms with E-state index in [1.165, 1.54) is 17.1 Å². The zero-order chi connectivity index (χ0) is 22.3. The van der Waals surface area contributed by atoms with Crippen molar-refractivity contribution in [2.24, 2.45) is 12.5 Å². The van der Waals surface area contributed by atoms with Gasteiger partial charge in [-0.2, -0.15) is 18.0 Å². The number of nitrogens with zero attached hydrogens (tertiary/aromatic N) is 5. The van der Waals surface area contributed by atoms with Crippen LogP contribution in [0.2, 0.25) is 0 Å². The summed E-state index contributed by atoms with van der Waals surface area (Å²) in [5.41, 5.74) is 0.101. The first-order valence-corrected chi connectivity index (χ1v) is 9.64. The fraction of sp³-hybridized carbons (Fsp3) is 0.632. The Morgan fingerprint density at radius 3 is 2.47 bits per heavy atom. The normalized spacial score (nSPS) is 16.8. The Morgan fingerprint density at radius 1 is 1.30 bits per heavy atom. The van der Waals surface area contributed by atoms with Crippen LogP contribution in [0.1, 0.15) is 74.4 Å². The number of aryl methyl sites for hydroxylation is 1. The van der Waals surface area contributed by atoms with Crippen LogP contribution in [0.4, 0.5) is 13.2 Å². The summed E-state index contributed by atoms with van der Waals surface area (Å²) < 4.78 is 44.2. The van der Waals surface area contributed by atoms with Crippen molar-refractivity contribution >= 4 is 5.91 Å². The quantitative estimate of drug-likeness (QED) is 0.761. The number of aromatic nitrogens is 5. The summed E-state index contributed by atoms with van der Waals surface area (Å²) in [6, 6.07) is 0.691. The van der Waals surface area contributed by atoms with E-state index in [1.54, 1.807) is 7.05 Å². The Balaban J connectivity index is 1.87. The molecule has 1 aliphatic rings. The van der Waals surface area contributed by atoms with Gasteiger partial charge in [0.1, 0.15) is 11.4 Å². The molecule has 1 aliphatic carbocycles. The highest BCUT2D eigenvalue weighted by atomic mass is 19.4. The predicted octanol–water partition coefficient (Wildman–Crippen LogP) is 3.33. The average molecular weight is 426 g/mol. The smallest absolute Gasteiger partial charge is 0.425 e. The van der Waals surface area contributed by atoms with Crippen LogP contribution in [0.25, 0.3) is 0 Å². The van der Waals surface area contributed by atoms with Crippen LogP contribution in [0.5, 0.6) is 5.75 Å². The Labute approximate surface area is 172 Å². The summed E-state index contributed by atoms with van der Waals surface area (Å²) in [6.45, 7) is 6.64. The summed E-state index contributed by atoms with van der Waals surface area (Å²) in [5.74, 6) is -0.0899. The lowest BCUT2D eigenvalue weighted by Gasteiger charge is -2.28. The molecule has 2 aromatic rings. The Bertz CT molecular complexity index is 918. The SMILES string of the molecule is CC(Oc1cc(C(=O)NC(c2nnn(C)n2)C(C)(C)C)ncc1C1CC1)C(F)(F)F. The van der Waals surface area contributed by atoms with Crippen LogP contribution in [-0.2, 0) is 7.05 Å². The van der Waals surface area contributed by atoms with Crippen molar-refractivity contribution in [3.8, 4) is 5.75 Å². The zero-order valence-electron chi connectivity index (χ0n) is 17.5. The fourth-order valence-electron chi connectivity index (χ4n) is 2.92. The highest BCUT2D eigenvalue weighted by molar-refractivity contribution is 5.93. The summed E-state index contributed by atoms with van der Waals surface area (Å²) >= 11 is 0. The molecule has 1 amide bonds. The molecule has 3 rings (SSSR count). The largest absolute Gasteiger partial charge is 0.481 e. The van der Waals surface area contributed by atoms with Crippen molar-refractivity contribution in [3.63, 3.8) is 0 Å². The van der Waals surface area contributed by atoms with Gasteiger partial charge in [0, 0.05) is 17.8 Å². The van der Waals surface area contributed by atoms with Gasteiger partial charge in [-0.3, -0.25) is 9.78 Å². The number of hydrogen-bond donors (Lipinski definition) is 1. The minimum absolute atomic E-state index is 0.0346. The maximum Gasteiger partial charge on any atom is 0.425 e. The van der Waals surface area contributed by atoms with Gasteiger partial charge >= 0.3 is 6.18 Å². The topological polar surface area (TPSA) is 94.8 Å². The molecular formula is C19H25F3N6O2. The van der Waals surface area contributed by atoms with Gasteiger partial charge in [0.2, 0.25) is 0 Å². The van der Waals surface area contributed by atoms with Crippen molar-refractivity contribution < 1.29 is 22.7 Å². The number of carbonyl (C=O) groups is 1. The Hall–Kier alpha value is -2.72. The lowest BCUT2D eigenvalue weighted by Crippen LogP contribution is -2.38. The first kappa shape index (κ1) is 22.0. The number of ether oxygens (including phenoxy) is 1. The van der Waals surface area contributed by atoms with E-state index in [2.05, 4.69) is 25.7 Å². The number of amides is 1. The molecule has 0 aliphatic heterocycles. The molecule has 0 bridgehead atoms.